The number of hydrogen-bond acceptors (Lipinski definition) is 11. The van der Waals surface area contributed by atoms with Crippen LogP contribution in [0.5, 0.6) is 0 Å². The van der Waals surface area contributed by atoms with Gasteiger partial charge < -0.3 is 36.5 Å². The molecule has 0 saturated carbocycles. The minimum absolute atomic E-state index is 0.132. The van der Waals surface area contributed by atoms with Crippen LogP contribution in [0.4, 0.5) is 0 Å². The summed E-state index contributed by atoms with van der Waals surface area (Å²) in [6.07, 6.45) is 0. The number of nitrogens with zero attached hydrogens (tertiary/aromatic N) is 5. The summed E-state index contributed by atoms with van der Waals surface area (Å²) in [7, 11) is 0. The predicted octanol–water partition coefficient (Wildman–Crippen LogP) is -1.90. The van der Waals surface area contributed by atoms with Gasteiger partial charge in [-0.2, -0.15) is 0 Å². The number of pyridine rings is 3. The van der Waals surface area contributed by atoms with Gasteiger partial charge in [0.2, 0.25) is 0 Å². The smallest absolute Gasteiger partial charge is 0.283 e. The molecule has 17 nitrogen and oxygen atoms in total. The minimum atomic E-state index is -0.753. The first-order chi connectivity index (χ1) is 21.5. The lowest BCUT2D eigenvalue weighted by atomic mass is 10.3. The second kappa shape index (κ2) is 16.4. The molecule has 0 unspecified atom stereocenters. The fraction of sp³-hybridized carbons (Fsp3) is 0.357. The topological polar surface area (TPSA) is 220 Å². The lowest BCUT2D eigenvalue weighted by molar-refractivity contribution is 0.0868. The van der Waals surface area contributed by atoms with Gasteiger partial charge >= 0.3 is 0 Å². The normalized spacial score (nSPS) is 11.0. The van der Waals surface area contributed by atoms with Crippen LogP contribution in [0, 0.1) is 0 Å². The zero-order valence-electron chi connectivity index (χ0n) is 24.6. The molecule has 3 rings (SSSR count). The van der Waals surface area contributed by atoms with E-state index in [1.54, 1.807) is 0 Å². The Morgan fingerprint density at radius 1 is 0.556 bits per heavy atom. The van der Waals surface area contributed by atoms with Gasteiger partial charge in [-0.25, -0.2) is 0 Å². The number of amides is 3. The van der Waals surface area contributed by atoms with Gasteiger partial charge in [-0.15, -0.1) is 14.2 Å². The van der Waals surface area contributed by atoms with Crippen molar-refractivity contribution in [2.45, 2.75) is 6.92 Å². The van der Waals surface area contributed by atoms with Crippen molar-refractivity contribution in [1.82, 2.24) is 39.9 Å². The van der Waals surface area contributed by atoms with E-state index < -0.39 is 34.4 Å². The maximum absolute atomic E-state index is 12.5. The first-order valence-corrected chi connectivity index (χ1v) is 14.1. The van der Waals surface area contributed by atoms with Crippen LogP contribution in [0.3, 0.4) is 0 Å². The van der Waals surface area contributed by atoms with Crippen molar-refractivity contribution in [1.29, 1.82) is 0 Å². The fourth-order valence-electron chi connectivity index (χ4n) is 4.26. The van der Waals surface area contributed by atoms with E-state index in [-0.39, 0.29) is 50.9 Å². The van der Waals surface area contributed by atoms with Gasteiger partial charge in [-0.05, 0) is 24.7 Å². The van der Waals surface area contributed by atoms with Crippen molar-refractivity contribution >= 4 is 17.7 Å². The van der Waals surface area contributed by atoms with Crippen LogP contribution in [0.15, 0.2) is 69.0 Å². The van der Waals surface area contributed by atoms with Gasteiger partial charge in [-0.3, -0.25) is 33.7 Å². The first-order valence-electron chi connectivity index (χ1n) is 14.1. The lowest BCUT2D eigenvalue weighted by Gasteiger charge is -2.27. The average Bonchev–Trinajstić information content (AvgIpc) is 3.02. The van der Waals surface area contributed by atoms with Crippen LogP contribution in [-0.4, -0.2) is 116 Å². The van der Waals surface area contributed by atoms with Crippen LogP contribution >= 0.6 is 0 Å². The Morgan fingerprint density at radius 2 is 0.867 bits per heavy atom. The molecule has 0 radical (unpaired) electrons. The van der Waals surface area contributed by atoms with Gasteiger partial charge in [0.1, 0.15) is 17.1 Å². The molecule has 0 bridgehead atoms. The Balaban J connectivity index is 1.57. The summed E-state index contributed by atoms with van der Waals surface area (Å²) in [5.74, 6) is -1.94. The summed E-state index contributed by atoms with van der Waals surface area (Å²) < 4.78 is 0.780. The summed E-state index contributed by atoms with van der Waals surface area (Å²) in [6, 6.07) is 11.3. The highest BCUT2D eigenvalue weighted by atomic mass is 16.5. The van der Waals surface area contributed by atoms with E-state index in [0.717, 1.165) is 18.2 Å². The molecule has 0 aliphatic rings. The zero-order valence-corrected chi connectivity index (χ0v) is 24.6. The van der Waals surface area contributed by atoms with Gasteiger partial charge in [0, 0.05) is 70.6 Å². The van der Waals surface area contributed by atoms with Crippen LogP contribution in [-0.2, 0) is 0 Å². The number of aromatic nitrogens is 3. The molecule has 3 amide bonds. The van der Waals surface area contributed by atoms with E-state index in [9.17, 15) is 44.4 Å². The number of hydrogen-bond donors (Lipinski definition) is 6. The molecule has 0 aromatic carbocycles. The molecule has 0 spiro atoms. The molecule has 0 atom stereocenters. The Morgan fingerprint density at radius 3 is 1.20 bits per heavy atom. The summed E-state index contributed by atoms with van der Waals surface area (Å²) in [4.78, 5) is 76.2. The van der Waals surface area contributed by atoms with Gasteiger partial charge in [0.05, 0.1) is 0 Å². The zero-order chi connectivity index (χ0) is 32.9. The molecular weight excluding hydrogens is 592 g/mol. The van der Waals surface area contributed by atoms with Crippen LogP contribution in [0.2, 0.25) is 0 Å². The Labute approximate surface area is 256 Å². The average molecular weight is 629 g/mol. The molecule has 45 heavy (non-hydrogen) atoms. The number of nitrogens with one attached hydrogen (secondary N) is 3. The second-order valence-electron chi connectivity index (χ2n) is 9.73. The molecule has 0 aliphatic carbocycles. The van der Waals surface area contributed by atoms with Gasteiger partial charge in [0.25, 0.3) is 34.4 Å². The van der Waals surface area contributed by atoms with E-state index in [1.807, 2.05) is 16.7 Å². The van der Waals surface area contributed by atoms with Gasteiger partial charge in [-0.1, -0.05) is 25.1 Å². The van der Waals surface area contributed by atoms with Gasteiger partial charge in [0.15, 0.2) is 0 Å². The third-order valence-electron chi connectivity index (χ3n) is 6.81. The summed E-state index contributed by atoms with van der Waals surface area (Å²) in [5.41, 5.74) is -2.88. The van der Waals surface area contributed by atoms with Crippen LogP contribution in [0.25, 0.3) is 0 Å². The standard InChI is InChI=1S/C28H36N8O9/c1-2-32(15-12-29-26(40)20-6-3-9-23(37)34(20)43)18-19-33(16-13-30-27(41)21-7-4-10-24(38)35(21)44)17-14-31-28(42)22-8-5-11-25(39)36(22)45/h3-11,43-45H,2,12-19H2,1H3,(H,29,40)(H,30,41)(H,31,42). The lowest BCUT2D eigenvalue weighted by Crippen LogP contribution is -2.45. The van der Waals surface area contributed by atoms with Crippen molar-refractivity contribution in [3.05, 3.63) is 103 Å². The largest absolute Gasteiger partial charge is 0.425 e. The van der Waals surface area contributed by atoms with Crippen molar-refractivity contribution in [3.63, 3.8) is 0 Å². The Kier molecular flexibility index (Phi) is 12.4. The number of likely N-dealkylation sites (N-methyl/N-ethyl adjacent to an activating group) is 1. The molecule has 3 aromatic heterocycles. The highest BCUT2D eigenvalue weighted by Gasteiger charge is 2.16. The highest BCUT2D eigenvalue weighted by Crippen LogP contribution is 1.98. The summed E-state index contributed by atoms with van der Waals surface area (Å²) >= 11 is 0. The predicted molar refractivity (Wildman–Crippen MR) is 159 cm³/mol. The molecule has 3 heterocycles. The van der Waals surface area contributed by atoms with Crippen molar-refractivity contribution in [3.8, 4) is 0 Å². The highest BCUT2D eigenvalue weighted by molar-refractivity contribution is 5.93. The number of carbonyl (C=O) groups is 3. The van der Waals surface area contributed by atoms with E-state index in [0.29, 0.717) is 39.3 Å². The van der Waals surface area contributed by atoms with Crippen molar-refractivity contribution in [2.24, 2.45) is 0 Å². The molecule has 0 fully saturated rings. The summed E-state index contributed by atoms with van der Waals surface area (Å²) in [5, 5.41) is 37.4. The molecule has 6 N–H and O–H groups in total. The van der Waals surface area contributed by atoms with E-state index in [4.69, 9.17) is 0 Å². The molecule has 242 valence electrons. The molecular formula is C28H36N8O9. The third-order valence-corrected chi connectivity index (χ3v) is 6.81. The summed E-state index contributed by atoms with van der Waals surface area (Å²) in [6.45, 7) is 5.10. The maximum Gasteiger partial charge on any atom is 0.283 e. The molecule has 0 aliphatic heterocycles. The monoisotopic (exact) mass is 628 g/mol. The van der Waals surface area contributed by atoms with E-state index >= 15 is 0 Å². The second-order valence-corrected chi connectivity index (χ2v) is 9.73. The van der Waals surface area contributed by atoms with Crippen molar-refractivity contribution < 1.29 is 30.0 Å². The number of rotatable bonds is 16. The van der Waals surface area contributed by atoms with Crippen LogP contribution < -0.4 is 32.6 Å². The van der Waals surface area contributed by atoms with Crippen LogP contribution in [0.1, 0.15) is 38.4 Å². The third kappa shape index (κ3) is 9.54. The van der Waals surface area contributed by atoms with E-state index in [2.05, 4.69) is 16.0 Å². The SMILES string of the molecule is CCN(CCNC(=O)c1cccc(=O)n1O)CCN(CCNC(=O)c1cccc(=O)n1O)CCNC(=O)c1cccc(=O)n1O. The van der Waals surface area contributed by atoms with E-state index in [1.165, 1.54) is 36.4 Å². The first kappa shape index (κ1) is 34.1. The number of carbonyl (C=O) groups excluding carboxylic acids is 3. The molecule has 3 aromatic rings. The molecule has 0 saturated heterocycles. The molecule has 17 heteroatoms. The van der Waals surface area contributed by atoms with Crippen molar-refractivity contribution in [2.75, 3.05) is 58.9 Å². The quantitative estimate of drug-likeness (QED) is 0.0962. The maximum atomic E-state index is 12.5. The fourth-order valence-corrected chi connectivity index (χ4v) is 4.26. The Hall–Kier alpha value is -5.42. The minimum Gasteiger partial charge on any atom is -0.425 e. The Bertz CT molecular complexity index is 1590.